The van der Waals surface area contributed by atoms with Crippen molar-refractivity contribution in [3.63, 3.8) is 0 Å². The highest BCUT2D eigenvalue weighted by molar-refractivity contribution is 7.25. The highest BCUT2D eigenvalue weighted by Crippen LogP contribution is 2.38. The Balaban J connectivity index is 1.62. The van der Waals surface area contributed by atoms with Crippen molar-refractivity contribution in [3.05, 3.63) is 67.0 Å². The van der Waals surface area contributed by atoms with Gasteiger partial charge in [-0.2, -0.15) is 0 Å². The Morgan fingerprint density at radius 1 is 0.792 bits per heavy atom. The second-order valence-electron chi connectivity index (χ2n) is 5.14. The molecule has 0 aliphatic carbocycles. The quantitative estimate of drug-likeness (QED) is 0.480. The number of benzene rings is 1. The number of hydrogen-bond acceptors (Lipinski definition) is 5. The summed E-state index contributed by atoms with van der Waals surface area (Å²) in [5.41, 5.74) is 2.11. The van der Waals surface area contributed by atoms with Gasteiger partial charge >= 0.3 is 0 Å². The smallest absolute Gasteiger partial charge is 0.142 e. The minimum Gasteiger partial charge on any atom is -0.497 e. The van der Waals surface area contributed by atoms with Gasteiger partial charge in [0.05, 0.1) is 17.7 Å². The number of rotatable bonds is 4. The van der Waals surface area contributed by atoms with E-state index in [1.54, 1.807) is 36.0 Å². The van der Waals surface area contributed by atoms with Gasteiger partial charge in [-0.25, -0.2) is 4.98 Å². The van der Waals surface area contributed by atoms with Gasteiger partial charge < -0.3 is 4.74 Å². The van der Waals surface area contributed by atoms with Gasteiger partial charge in [-0.3, -0.25) is 4.98 Å². The fourth-order valence-corrected chi connectivity index (χ4v) is 4.36. The maximum absolute atomic E-state index is 5.22. The summed E-state index contributed by atoms with van der Waals surface area (Å²) in [7, 11) is 1.68. The number of thiazole rings is 1. The summed E-state index contributed by atoms with van der Waals surface area (Å²) in [5, 5.41) is 0.949. The van der Waals surface area contributed by atoms with Crippen LogP contribution < -0.4 is 4.74 Å². The van der Waals surface area contributed by atoms with Crippen LogP contribution in [0.1, 0.15) is 0 Å². The molecule has 3 aromatic heterocycles. The zero-order valence-corrected chi connectivity index (χ0v) is 14.6. The molecule has 0 amide bonds. The van der Waals surface area contributed by atoms with Gasteiger partial charge in [0, 0.05) is 22.1 Å². The lowest BCUT2D eigenvalue weighted by atomic mass is 10.2. The molecule has 0 saturated carbocycles. The maximum atomic E-state index is 5.22. The first-order chi connectivity index (χ1) is 11.8. The lowest BCUT2D eigenvalue weighted by Crippen LogP contribution is -1.81. The molecule has 0 bridgehead atoms. The number of hydrogen-bond donors (Lipinski definition) is 0. The molecule has 3 heterocycles. The molecule has 1 aromatic carbocycles. The molecule has 0 saturated heterocycles. The topological polar surface area (TPSA) is 35.0 Å². The SMILES string of the molecule is COc1ccc(-c2ccc(-c3cnc(-c4ccccn4)s3)s2)cc1. The molecule has 4 rings (SSSR count). The summed E-state index contributed by atoms with van der Waals surface area (Å²) in [4.78, 5) is 12.5. The van der Waals surface area contributed by atoms with Crippen molar-refractivity contribution in [3.8, 4) is 36.6 Å². The molecule has 5 heteroatoms. The first kappa shape index (κ1) is 15.1. The van der Waals surface area contributed by atoms with Crippen LogP contribution in [0.5, 0.6) is 5.75 Å². The van der Waals surface area contributed by atoms with Crippen LogP contribution in [-0.2, 0) is 0 Å². The number of methoxy groups -OCH3 is 1. The standard InChI is InChI=1S/C19H14N2OS2/c1-22-14-7-5-13(6-8-14)16-9-10-17(23-16)18-12-21-19(24-18)15-4-2-3-11-20-15/h2-12H,1H3. The van der Waals surface area contributed by atoms with E-state index >= 15 is 0 Å². The number of aromatic nitrogens is 2. The van der Waals surface area contributed by atoms with E-state index in [1.807, 2.05) is 36.5 Å². The minimum absolute atomic E-state index is 0.873. The Kier molecular flexibility index (Phi) is 4.11. The molecule has 0 unspecified atom stereocenters. The molecule has 4 aromatic rings. The van der Waals surface area contributed by atoms with Gasteiger partial charge in [0.1, 0.15) is 10.8 Å². The number of pyridine rings is 1. The van der Waals surface area contributed by atoms with Crippen molar-refractivity contribution < 1.29 is 4.74 Å². The van der Waals surface area contributed by atoms with Crippen molar-refractivity contribution in [1.82, 2.24) is 9.97 Å². The van der Waals surface area contributed by atoms with E-state index in [9.17, 15) is 0 Å². The summed E-state index contributed by atoms with van der Waals surface area (Å²) >= 11 is 3.44. The minimum atomic E-state index is 0.873. The van der Waals surface area contributed by atoms with Crippen LogP contribution in [0.4, 0.5) is 0 Å². The number of ether oxygens (including phenoxy) is 1. The Hall–Kier alpha value is -2.50. The van der Waals surface area contributed by atoms with Crippen molar-refractivity contribution in [2.45, 2.75) is 0 Å². The molecular formula is C19H14N2OS2. The first-order valence-electron chi connectivity index (χ1n) is 7.45. The van der Waals surface area contributed by atoms with Crippen molar-refractivity contribution >= 4 is 22.7 Å². The Morgan fingerprint density at radius 3 is 2.38 bits per heavy atom. The van der Waals surface area contributed by atoms with Crippen molar-refractivity contribution in [2.75, 3.05) is 7.11 Å². The molecule has 24 heavy (non-hydrogen) atoms. The lowest BCUT2D eigenvalue weighted by Gasteiger charge is -2.00. The largest absolute Gasteiger partial charge is 0.497 e. The lowest BCUT2D eigenvalue weighted by molar-refractivity contribution is 0.415. The second kappa shape index (κ2) is 6.55. The molecular weight excluding hydrogens is 336 g/mol. The third-order valence-corrected chi connectivity index (χ3v) is 5.96. The first-order valence-corrected chi connectivity index (χ1v) is 9.08. The third-order valence-electron chi connectivity index (χ3n) is 3.61. The van der Waals surface area contributed by atoms with E-state index < -0.39 is 0 Å². The Morgan fingerprint density at radius 2 is 1.62 bits per heavy atom. The van der Waals surface area contributed by atoms with Gasteiger partial charge in [0.2, 0.25) is 0 Å². The normalized spacial score (nSPS) is 10.7. The molecule has 0 spiro atoms. The van der Waals surface area contributed by atoms with Gasteiger partial charge in [-0.05, 0) is 54.1 Å². The summed E-state index contributed by atoms with van der Waals surface area (Å²) < 4.78 is 5.22. The predicted octanol–water partition coefficient (Wildman–Crippen LogP) is 5.61. The van der Waals surface area contributed by atoms with E-state index in [4.69, 9.17) is 4.74 Å². The van der Waals surface area contributed by atoms with Crippen LogP contribution in [0.2, 0.25) is 0 Å². The molecule has 0 atom stereocenters. The monoisotopic (exact) mass is 350 g/mol. The number of nitrogens with zero attached hydrogens (tertiary/aromatic N) is 2. The molecule has 118 valence electrons. The van der Waals surface area contributed by atoms with Crippen LogP contribution in [-0.4, -0.2) is 17.1 Å². The van der Waals surface area contributed by atoms with E-state index in [2.05, 4.69) is 34.2 Å². The highest BCUT2D eigenvalue weighted by Gasteiger charge is 2.10. The summed E-state index contributed by atoms with van der Waals surface area (Å²) in [6, 6.07) is 18.3. The summed E-state index contributed by atoms with van der Waals surface area (Å²) in [6.07, 6.45) is 3.72. The molecule has 0 aliphatic rings. The average molecular weight is 350 g/mol. The number of thiophene rings is 1. The van der Waals surface area contributed by atoms with Gasteiger partial charge in [-0.15, -0.1) is 22.7 Å². The van der Waals surface area contributed by atoms with Crippen LogP contribution in [0.3, 0.4) is 0 Å². The Labute approximate surface area is 148 Å². The van der Waals surface area contributed by atoms with E-state index in [0.29, 0.717) is 0 Å². The maximum Gasteiger partial charge on any atom is 0.142 e. The molecule has 0 radical (unpaired) electrons. The zero-order valence-electron chi connectivity index (χ0n) is 13.0. The second-order valence-corrected chi connectivity index (χ2v) is 7.25. The third kappa shape index (κ3) is 2.96. The van der Waals surface area contributed by atoms with Crippen molar-refractivity contribution in [2.24, 2.45) is 0 Å². The molecule has 0 fully saturated rings. The van der Waals surface area contributed by atoms with E-state index in [0.717, 1.165) is 16.5 Å². The van der Waals surface area contributed by atoms with Gasteiger partial charge in [-0.1, -0.05) is 6.07 Å². The van der Waals surface area contributed by atoms with Crippen LogP contribution in [0.25, 0.3) is 30.9 Å². The molecule has 0 aliphatic heterocycles. The fraction of sp³-hybridized carbons (Fsp3) is 0.0526. The van der Waals surface area contributed by atoms with Crippen LogP contribution in [0.15, 0.2) is 67.0 Å². The summed E-state index contributed by atoms with van der Waals surface area (Å²) in [5.74, 6) is 0.873. The van der Waals surface area contributed by atoms with E-state index in [1.165, 1.54) is 20.2 Å². The van der Waals surface area contributed by atoms with Crippen LogP contribution >= 0.6 is 22.7 Å². The molecule has 3 nitrogen and oxygen atoms in total. The van der Waals surface area contributed by atoms with Crippen LogP contribution in [0, 0.1) is 0 Å². The van der Waals surface area contributed by atoms with Gasteiger partial charge in [0.25, 0.3) is 0 Å². The Bertz CT molecular complexity index is 943. The van der Waals surface area contributed by atoms with Crippen molar-refractivity contribution in [1.29, 1.82) is 0 Å². The fourth-order valence-electron chi connectivity index (χ4n) is 2.38. The molecule has 0 N–H and O–H groups in total. The zero-order chi connectivity index (χ0) is 16.4. The average Bonchev–Trinajstić information content (AvgIpc) is 3.32. The van der Waals surface area contributed by atoms with E-state index in [-0.39, 0.29) is 0 Å². The predicted molar refractivity (Wildman–Crippen MR) is 101 cm³/mol. The highest BCUT2D eigenvalue weighted by atomic mass is 32.1. The summed E-state index contributed by atoms with van der Waals surface area (Å²) in [6.45, 7) is 0. The van der Waals surface area contributed by atoms with Gasteiger partial charge in [0.15, 0.2) is 0 Å².